The Bertz CT molecular complexity index is 721. The van der Waals surface area contributed by atoms with Crippen molar-refractivity contribution >= 4 is 17.5 Å². The van der Waals surface area contributed by atoms with E-state index in [0.717, 1.165) is 18.5 Å². The summed E-state index contributed by atoms with van der Waals surface area (Å²) in [5.41, 5.74) is 3.16. The summed E-state index contributed by atoms with van der Waals surface area (Å²) in [6, 6.07) is 11.6. The van der Waals surface area contributed by atoms with Crippen molar-refractivity contribution in [2.24, 2.45) is 5.92 Å². The first-order valence-corrected chi connectivity index (χ1v) is 9.39. The van der Waals surface area contributed by atoms with E-state index in [1.165, 1.54) is 18.4 Å². The van der Waals surface area contributed by atoms with E-state index in [4.69, 9.17) is 11.6 Å². The third-order valence-corrected chi connectivity index (χ3v) is 5.59. The normalized spacial score (nSPS) is 21.6. The predicted molar refractivity (Wildman–Crippen MR) is 102 cm³/mol. The van der Waals surface area contributed by atoms with Crippen LogP contribution in [-0.2, 0) is 0 Å². The number of benzene rings is 1. The van der Waals surface area contributed by atoms with E-state index >= 15 is 0 Å². The highest BCUT2D eigenvalue weighted by Gasteiger charge is 2.27. The van der Waals surface area contributed by atoms with E-state index in [0.29, 0.717) is 22.4 Å². The van der Waals surface area contributed by atoms with Crippen LogP contribution < -0.4 is 5.32 Å². The number of hydrogen-bond donors (Lipinski definition) is 1. The molecule has 3 rings (SSSR count). The lowest BCUT2D eigenvalue weighted by Gasteiger charge is -2.33. The molecular weight excluding hydrogens is 332 g/mol. The van der Waals surface area contributed by atoms with Gasteiger partial charge >= 0.3 is 0 Å². The maximum atomic E-state index is 12.4. The molecule has 0 unspecified atom stereocenters. The van der Waals surface area contributed by atoms with Crippen LogP contribution in [0.5, 0.6) is 0 Å². The molecular formula is C21H25ClN2O. The topological polar surface area (TPSA) is 42.0 Å². The number of halogens is 1. The van der Waals surface area contributed by atoms with E-state index in [9.17, 15) is 4.79 Å². The lowest BCUT2D eigenvalue weighted by atomic mass is 9.76. The molecule has 132 valence electrons. The van der Waals surface area contributed by atoms with Crippen LogP contribution in [0.1, 0.15) is 60.1 Å². The fourth-order valence-electron chi connectivity index (χ4n) is 3.78. The zero-order valence-corrected chi connectivity index (χ0v) is 15.6. The van der Waals surface area contributed by atoms with Gasteiger partial charge in [0.2, 0.25) is 0 Å². The zero-order chi connectivity index (χ0) is 17.8. The van der Waals surface area contributed by atoms with Gasteiger partial charge in [0.15, 0.2) is 0 Å². The van der Waals surface area contributed by atoms with Gasteiger partial charge in [-0.05, 0) is 93.3 Å². The summed E-state index contributed by atoms with van der Waals surface area (Å²) in [5.74, 6) is 1.14. The molecule has 3 nitrogen and oxygen atoms in total. The van der Waals surface area contributed by atoms with Crippen molar-refractivity contribution in [1.29, 1.82) is 0 Å². The van der Waals surface area contributed by atoms with Crippen LogP contribution >= 0.6 is 11.6 Å². The summed E-state index contributed by atoms with van der Waals surface area (Å²) in [5, 5.41) is 3.80. The lowest BCUT2D eigenvalue weighted by Crippen LogP contribution is -2.39. The Labute approximate surface area is 154 Å². The molecule has 1 N–H and O–H groups in total. The molecule has 1 atom stereocenters. The van der Waals surface area contributed by atoms with Gasteiger partial charge in [-0.1, -0.05) is 11.6 Å². The predicted octanol–water partition coefficient (Wildman–Crippen LogP) is 5.14. The molecule has 0 radical (unpaired) electrons. The second-order valence-corrected chi connectivity index (χ2v) is 7.55. The number of rotatable bonds is 4. The third kappa shape index (κ3) is 4.60. The number of carbonyl (C=O) groups is 1. The van der Waals surface area contributed by atoms with E-state index in [1.807, 2.05) is 13.1 Å². The summed E-state index contributed by atoms with van der Waals surface area (Å²) >= 11 is 5.88. The number of aromatic nitrogens is 1. The van der Waals surface area contributed by atoms with Crippen molar-refractivity contribution in [3.63, 3.8) is 0 Å². The fraction of sp³-hybridized carbons (Fsp3) is 0.429. The Morgan fingerprint density at radius 2 is 1.84 bits per heavy atom. The monoisotopic (exact) mass is 356 g/mol. The molecule has 1 aliphatic carbocycles. The highest BCUT2D eigenvalue weighted by molar-refractivity contribution is 6.30. The highest BCUT2D eigenvalue weighted by Crippen LogP contribution is 2.37. The first-order chi connectivity index (χ1) is 12.0. The first-order valence-electron chi connectivity index (χ1n) is 9.02. The summed E-state index contributed by atoms with van der Waals surface area (Å²) in [6.07, 6.45) is 6.55. The summed E-state index contributed by atoms with van der Waals surface area (Å²) in [4.78, 5) is 16.7. The Balaban J connectivity index is 1.53. The largest absolute Gasteiger partial charge is 0.349 e. The van der Waals surface area contributed by atoms with Crippen LogP contribution in [0.15, 0.2) is 42.6 Å². The second-order valence-electron chi connectivity index (χ2n) is 7.11. The summed E-state index contributed by atoms with van der Waals surface area (Å²) in [7, 11) is 0. The molecule has 0 aliphatic heterocycles. The van der Waals surface area contributed by atoms with Gasteiger partial charge in [-0.25, -0.2) is 0 Å². The molecule has 0 saturated heterocycles. The molecule has 1 aromatic heterocycles. The summed E-state index contributed by atoms with van der Waals surface area (Å²) in [6.45, 7) is 4.17. The molecule has 1 saturated carbocycles. The van der Waals surface area contributed by atoms with E-state index < -0.39 is 0 Å². The van der Waals surface area contributed by atoms with Gasteiger partial charge < -0.3 is 5.32 Å². The first kappa shape index (κ1) is 17.9. The molecule has 4 heteroatoms. The minimum atomic E-state index is -0.0175. The van der Waals surface area contributed by atoms with E-state index in [1.54, 1.807) is 24.3 Å². The van der Waals surface area contributed by atoms with Crippen LogP contribution in [0.2, 0.25) is 5.02 Å². The maximum absolute atomic E-state index is 12.4. The van der Waals surface area contributed by atoms with Crippen LogP contribution in [-0.4, -0.2) is 16.9 Å². The number of pyridine rings is 1. The second kappa shape index (κ2) is 8.01. The van der Waals surface area contributed by atoms with Crippen molar-refractivity contribution in [2.45, 2.75) is 51.5 Å². The molecule has 25 heavy (non-hydrogen) atoms. The van der Waals surface area contributed by atoms with Gasteiger partial charge in [0.25, 0.3) is 5.91 Å². The van der Waals surface area contributed by atoms with Crippen LogP contribution in [0, 0.1) is 12.8 Å². The average Bonchev–Trinajstić information content (AvgIpc) is 2.62. The lowest BCUT2D eigenvalue weighted by molar-refractivity contribution is 0.0918. The van der Waals surface area contributed by atoms with Gasteiger partial charge in [-0.3, -0.25) is 9.78 Å². The van der Waals surface area contributed by atoms with Crippen molar-refractivity contribution in [3.8, 4) is 0 Å². The molecule has 1 aliphatic rings. The van der Waals surface area contributed by atoms with Crippen LogP contribution in [0.25, 0.3) is 0 Å². The fourth-order valence-corrected chi connectivity index (χ4v) is 3.91. The Kier molecular flexibility index (Phi) is 5.74. The molecule has 1 aromatic carbocycles. The molecule has 2 aromatic rings. The Morgan fingerprint density at radius 3 is 2.48 bits per heavy atom. The van der Waals surface area contributed by atoms with Crippen molar-refractivity contribution < 1.29 is 4.79 Å². The van der Waals surface area contributed by atoms with Gasteiger partial charge in [-0.15, -0.1) is 0 Å². The third-order valence-electron chi connectivity index (χ3n) is 5.34. The number of hydrogen-bond acceptors (Lipinski definition) is 2. The number of amides is 1. The smallest absolute Gasteiger partial charge is 0.251 e. The maximum Gasteiger partial charge on any atom is 0.251 e. The number of nitrogens with one attached hydrogen (secondary N) is 1. The molecule has 0 bridgehead atoms. The van der Waals surface area contributed by atoms with Crippen LogP contribution in [0.3, 0.4) is 0 Å². The van der Waals surface area contributed by atoms with Crippen molar-refractivity contribution in [2.75, 3.05) is 0 Å². The number of carbonyl (C=O) groups excluding carboxylic acids is 1. The highest BCUT2D eigenvalue weighted by atomic mass is 35.5. The Hall–Kier alpha value is -1.87. The van der Waals surface area contributed by atoms with Crippen LogP contribution in [0.4, 0.5) is 0 Å². The van der Waals surface area contributed by atoms with Crippen molar-refractivity contribution in [3.05, 3.63) is 64.4 Å². The quantitative estimate of drug-likeness (QED) is 0.824. The zero-order valence-electron chi connectivity index (χ0n) is 14.8. The Morgan fingerprint density at radius 1 is 1.16 bits per heavy atom. The molecule has 1 heterocycles. The number of aryl methyl sites for hydroxylation is 1. The van der Waals surface area contributed by atoms with Gasteiger partial charge in [0.05, 0.1) is 0 Å². The van der Waals surface area contributed by atoms with Gasteiger partial charge in [0, 0.05) is 28.5 Å². The van der Waals surface area contributed by atoms with Gasteiger partial charge in [0.1, 0.15) is 0 Å². The SMILES string of the molecule is Cc1cc(C2CCC([C@@H](C)NC(=O)c3ccc(Cl)cc3)CC2)ccn1. The minimum Gasteiger partial charge on any atom is -0.349 e. The molecule has 0 spiro atoms. The molecule has 1 amide bonds. The molecule has 1 fully saturated rings. The average molecular weight is 357 g/mol. The standard InChI is InChI=1S/C21H25ClN2O/c1-14-13-19(11-12-23-14)17-5-3-16(4-6-17)15(2)24-21(25)18-7-9-20(22)10-8-18/h7-13,15-17H,3-6H2,1-2H3,(H,24,25)/t15-,16?,17?/m1/s1. The summed E-state index contributed by atoms with van der Waals surface area (Å²) < 4.78 is 0. The number of nitrogens with zero attached hydrogens (tertiary/aromatic N) is 1. The minimum absolute atomic E-state index is 0.0175. The van der Waals surface area contributed by atoms with Crippen molar-refractivity contribution in [1.82, 2.24) is 10.3 Å². The van der Waals surface area contributed by atoms with E-state index in [-0.39, 0.29) is 11.9 Å². The van der Waals surface area contributed by atoms with E-state index in [2.05, 4.69) is 29.4 Å². The van der Waals surface area contributed by atoms with Gasteiger partial charge in [-0.2, -0.15) is 0 Å².